The second kappa shape index (κ2) is 6.27. The average Bonchev–Trinajstić information content (AvgIpc) is 2.47. The number of pyridine rings is 1. The van der Waals surface area contributed by atoms with Crippen molar-refractivity contribution in [3.63, 3.8) is 0 Å². The van der Waals surface area contributed by atoms with E-state index in [0.717, 1.165) is 47.8 Å². The molecular formula is C15H20N4. The molecule has 2 heterocycles. The molecule has 0 saturated heterocycles. The van der Waals surface area contributed by atoms with Crippen molar-refractivity contribution >= 4 is 5.82 Å². The molecular weight excluding hydrogens is 236 g/mol. The highest BCUT2D eigenvalue weighted by molar-refractivity contribution is 5.58. The van der Waals surface area contributed by atoms with Crippen molar-refractivity contribution in [2.24, 2.45) is 0 Å². The van der Waals surface area contributed by atoms with Crippen LogP contribution in [0.2, 0.25) is 0 Å². The Hall–Kier alpha value is -1.97. The molecule has 19 heavy (non-hydrogen) atoms. The first-order valence-electron chi connectivity index (χ1n) is 6.78. The fourth-order valence-electron chi connectivity index (χ4n) is 1.95. The van der Waals surface area contributed by atoms with E-state index in [0.29, 0.717) is 0 Å². The van der Waals surface area contributed by atoms with Crippen molar-refractivity contribution in [3.8, 4) is 11.4 Å². The van der Waals surface area contributed by atoms with Crippen LogP contribution in [0.25, 0.3) is 11.4 Å². The number of nitrogens with one attached hydrogen (secondary N) is 1. The third kappa shape index (κ3) is 3.08. The lowest BCUT2D eigenvalue weighted by Gasteiger charge is -2.12. The van der Waals surface area contributed by atoms with Gasteiger partial charge < -0.3 is 5.32 Å². The topological polar surface area (TPSA) is 50.7 Å². The Labute approximate surface area is 114 Å². The molecule has 0 aliphatic rings. The van der Waals surface area contributed by atoms with Crippen LogP contribution in [0.15, 0.2) is 24.5 Å². The lowest BCUT2D eigenvalue weighted by molar-refractivity contribution is 0.936. The fraction of sp³-hybridized carbons (Fsp3) is 0.400. The van der Waals surface area contributed by atoms with Gasteiger partial charge in [-0.3, -0.25) is 4.98 Å². The van der Waals surface area contributed by atoms with Crippen LogP contribution >= 0.6 is 0 Å². The first-order chi connectivity index (χ1) is 9.26. The van der Waals surface area contributed by atoms with Crippen molar-refractivity contribution in [2.45, 2.75) is 33.6 Å². The Morgan fingerprint density at radius 1 is 1.21 bits per heavy atom. The normalized spacial score (nSPS) is 10.5. The highest BCUT2D eigenvalue weighted by Crippen LogP contribution is 2.21. The first kappa shape index (κ1) is 13.5. The van der Waals surface area contributed by atoms with E-state index in [1.165, 1.54) is 0 Å². The van der Waals surface area contributed by atoms with Crippen molar-refractivity contribution in [1.82, 2.24) is 15.0 Å². The predicted octanol–water partition coefficient (Wildman–Crippen LogP) is 3.23. The van der Waals surface area contributed by atoms with Gasteiger partial charge in [0, 0.05) is 35.8 Å². The number of hydrogen-bond acceptors (Lipinski definition) is 4. The van der Waals surface area contributed by atoms with E-state index >= 15 is 0 Å². The summed E-state index contributed by atoms with van der Waals surface area (Å²) in [6, 6.07) is 3.89. The largest absolute Gasteiger partial charge is 0.370 e. The standard InChI is InChI=1S/C15H20N4/c1-4-8-17-14-11(3)13(5-2)18-15(19-14)12-7-6-9-16-10-12/h6-7,9-10H,4-5,8H2,1-3H3,(H,17,18,19). The Kier molecular flexibility index (Phi) is 4.44. The molecule has 0 amide bonds. The Bertz CT molecular complexity index is 537. The summed E-state index contributed by atoms with van der Waals surface area (Å²) in [5.41, 5.74) is 3.19. The molecule has 2 aromatic rings. The lowest BCUT2D eigenvalue weighted by atomic mass is 10.1. The summed E-state index contributed by atoms with van der Waals surface area (Å²) in [4.78, 5) is 13.4. The van der Waals surface area contributed by atoms with Gasteiger partial charge in [0.25, 0.3) is 0 Å². The second-order valence-electron chi connectivity index (χ2n) is 4.49. The number of aryl methyl sites for hydroxylation is 1. The van der Waals surface area contributed by atoms with Gasteiger partial charge in [0.15, 0.2) is 5.82 Å². The maximum Gasteiger partial charge on any atom is 0.163 e. The summed E-state index contributed by atoms with van der Waals surface area (Å²) in [5, 5.41) is 3.38. The van der Waals surface area contributed by atoms with Gasteiger partial charge in [0.2, 0.25) is 0 Å². The maximum absolute atomic E-state index is 4.64. The van der Waals surface area contributed by atoms with Crippen LogP contribution in [0.4, 0.5) is 5.82 Å². The van der Waals surface area contributed by atoms with Crippen LogP contribution in [0.1, 0.15) is 31.5 Å². The molecule has 100 valence electrons. The average molecular weight is 256 g/mol. The maximum atomic E-state index is 4.64. The summed E-state index contributed by atoms with van der Waals surface area (Å²) < 4.78 is 0. The quantitative estimate of drug-likeness (QED) is 0.892. The lowest BCUT2D eigenvalue weighted by Crippen LogP contribution is -2.08. The van der Waals surface area contributed by atoms with Crippen molar-refractivity contribution in [2.75, 3.05) is 11.9 Å². The molecule has 0 aliphatic carbocycles. The molecule has 0 spiro atoms. The Balaban J connectivity index is 2.45. The van der Waals surface area contributed by atoms with Crippen molar-refractivity contribution in [3.05, 3.63) is 35.8 Å². The third-order valence-corrected chi connectivity index (χ3v) is 3.04. The van der Waals surface area contributed by atoms with E-state index in [2.05, 4.69) is 41.0 Å². The Morgan fingerprint density at radius 2 is 2.05 bits per heavy atom. The van der Waals surface area contributed by atoms with Crippen LogP contribution in [0.5, 0.6) is 0 Å². The van der Waals surface area contributed by atoms with E-state index in [1.54, 1.807) is 12.4 Å². The minimum absolute atomic E-state index is 0.745. The van der Waals surface area contributed by atoms with Crippen LogP contribution in [-0.2, 0) is 6.42 Å². The monoisotopic (exact) mass is 256 g/mol. The number of hydrogen-bond donors (Lipinski definition) is 1. The summed E-state index contributed by atoms with van der Waals surface area (Å²) >= 11 is 0. The summed E-state index contributed by atoms with van der Waals surface area (Å²) in [5.74, 6) is 1.68. The van der Waals surface area contributed by atoms with Crippen LogP contribution in [-0.4, -0.2) is 21.5 Å². The summed E-state index contributed by atoms with van der Waals surface area (Å²) in [6.07, 6.45) is 5.54. The molecule has 4 heteroatoms. The smallest absolute Gasteiger partial charge is 0.163 e. The minimum atomic E-state index is 0.745. The molecule has 0 fully saturated rings. The molecule has 0 saturated carbocycles. The molecule has 4 nitrogen and oxygen atoms in total. The molecule has 2 rings (SSSR count). The van der Waals surface area contributed by atoms with Gasteiger partial charge in [-0.25, -0.2) is 9.97 Å². The van der Waals surface area contributed by atoms with Gasteiger partial charge in [-0.15, -0.1) is 0 Å². The zero-order valence-electron chi connectivity index (χ0n) is 11.8. The van der Waals surface area contributed by atoms with Gasteiger partial charge in [0.05, 0.1) is 0 Å². The van der Waals surface area contributed by atoms with Crippen molar-refractivity contribution in [1.29, 1.82) is 0 Å². The highest BCUT2D eigenvalue weighted by Gasteiger charge is 2.10. The molecule has 2 aromatic heterocycles. The molecule has 0 aliphatic heterocycles. The number of rotatable bonds is 5. The zero-order chi connectivity index (χ0) is 13.7. The van der Waals surface area contributed by atoms with Gasteiger partial charge >= 0.3 is 0 Å². The number of aromatic nitrogens is 3. The number of nitrogens with zero attached hydrogens (tertiary/aromatic N) is 3. The van der Waals surface area contributed by atoms with Crippen LogP contribution < -0.4 is 5.32 Å². The number of anilines is 1. The Morgan fingerprint density at radius 3 is 2.68 bits per heavy atom. The minimum Gasteiger partial charge on any atom is -0.370 e. The summed E-state index contributed by atoms with van der Waals surface area (Å²) in [6.45, 7) is 7.26. The second-order valence-corrected chi connectivity index (χ2v) is 4.49. The van der Waals surface area contributed by atoms with Gasteiger partial charge in [-0.1, -0.05) is 13.8 Å². The molecule has 0 aromatic carbocycles. The predicted molar refractivity (Wildman–Crippen MR) is 78.2 cm³/mol. The van der Waals surface area contributed by atoms with E-state index in [-0.39, 0.29) is 0 Å². The van der Waals surface area contributed by atoms with E-state index in [1.807, 2.05) is 12.1 Å². The fourth-order valence-corrected chi connectivity index (χ4v) is 1.95. The zero-order valence-corrected chi connectivity index (χ0v) is 11.8. The van der Waals surface area contributed by atoms with Crippen LogP contribution in [0.3, 0.4) is 0 Å². The van der Waals surface area contributed by atoms with E-state index < -0.39 is 0 Å². The van der Waals surface area contributed by atoms with Gasteiger partial charge in [0.1, 0.15) is 5.82 Å². The third-order valence-electron chi connectivity index (χ3n) is 3.04. The van der Waals surface area contributed by atoms with E-state index in [4.69, 9.17) is 0 Å². The molecule has 0 unspecified atom stereocenters. The van der Waals surface area contributed by atoms with Gasteiger partial charge in [-0.2, -0.15) is 0 Å². The molecule has 0 bridgehead atoms. The summed E-state index contributed by atoms with van der Waals surface area (Å²) in [7, 11) is 0. The highest BCUT2D eigenvalue weighted by atomic mass is 15.0. The molecule has 1 N–H and O–H groups in total. The van der Waals surface area contributed by atoms with Crippen molar-refractivity contribution < 1.29 is 0 Å². The molecule has 0 atom stereocenters. The first-order valence-corrected chi connectivity index (χ1v) is 6.78. The SMILES string of the molecule is CCCNc1nc(-c2cccnc2)nc(CC)c1C. The molecule has 0 radical (unpaired) electrons. The van der Waals surface area contributed by atoms with Gasteiger partial charge in [-0.05, 0) is 31.9 Å². The van der Waals surface area contributed by atoms with E-state index in [9.17, 15) is 0 Å². The van der Waals surface area contributed by atoms with Crippen LogP contribution in [0, 0.1) is 6.92 Å².